The summed E-state index contributed by atoms with van der Waals surface area (Å²) in [6.07, 6.45) is 4.97. The van der Waals surface area contributed by atoms with Crippen LogP contribution < -0.4 is 11.1 Å². The van der Waals surface area contributed by atoms with Gasteiger partial charge in [0.15, 0.2) is 0 Å². The first kappa shape index (κ1) is 16.7. The zero-order chi connectivity index (χ0) is 17.1. The molecule has 6 nitrogen and oxygen atoms in total. The summed E-state index contributed by atoms with van der Waals surface area (Å²) in [6, 6.07) is 1.34. The molecule has 24 heavy (non-hydrogen) atoms. The highest BCUT2D eigenvalue weighted by molar-refractivity contribution is 7.19. The molecule has 1 atom stereocenters. The molecule has 0 fully saturated rings. The molecule has 0 aromatic carbocycles. The van der Waals surface area contributed by atoms with Crippen molar-refractivity contribution in [2.45, 2.75) is 25.9 Å². The van der Waals surface area contributed by atoms with Gasteiger partial charge in [-0.15, -0.1) is 16.4 Å². The second-order valence-corrected chi connectivity index (χ2v) is 6.66. The predicted molar refractivity (Wildman–Crippen MR) is 92.4 cm³/mol. The molecule has 4 N–H and O–H groups in total. The molecule has 0 aliphatic rings. The second-order valence-electron chi connectivity index (χ2n) is 5.55. The number of pyridine rings is 1. The maximum absolute atomic E-state index is 13.7. The van der Waals surface area contributed by atoms with Gasteiger partial charge in [-0.2, -0.15) is 5.10 Å². The number of aromatic nitrogens is 3. The Balaban J connectivity index is 1.88. The molecular weight excluding hydrogens is 329 g/mol. The minimum absolute atomic E-state index is 0.0637. The first-order chi connectivity index (χ1) is 11.6. The molecule has 0 aliphatic heterocycles. The van der Waals surface area contributed by atoms with Gasteiger partial charge < -0.3 is 16.2 Å². The molecule has 0 unspecified atom stereocenters. The number of aliphatic hydroxyl groups is 1. The lowest BCUT2D eigenvalue weighted by molar-refractivity contribution is 0.265. The van der Waals surface area contributed by atoms with Crippen LogP contribution in [0, 0.1) is 12.7 Å². The van der Waals surface area contributed by atoms with Crippen molar-refractivity contribution in [3.05, 3.63) is 46.5 Å². The Kier molecular flexibility index (Phi) is 4.98. The fourth-order valence-electron chi connectivity index (χ4n) is 2.42. The van der Waals surface area contributed by atoms with E-state index in [4.69, 9.17) is 10.8 Å². The quantitative estimate of drug-likeness (QED) is 0.631. The van der Waals surface area contributed by atoms with Crippen molar-refractivity contribution in [3.8, 4) is 0 Å². The van der Waals surface area contributed by atoms with E-state index < -0.39 is 0 Å². The van der Waals surface area contributed by atoms with Crippen LogP contribution in [0.5, 0.6) is 0 Å². The second kappa shape index (κ2) is 7.16. The highest BCUT2D eigenvalue weighted by Crippen LogP contribution is 2.34. The number of aliphatic hydroxyl groups excluding tert-OH is 1. The number of aryl methyl sites for hydroxylation is 1. The normalized spacial score (nSPS) is 12.5. The fraction of sp³-hybridized carbons (Fsp3) is 0.312. The van der Waals surface area contributed by atoms with Gasteiger partial charge >= 0.3 is 0 Å². The summed E-state index contributed by atoms with van der Waals surface area (Å²) >= 11 is 1.57. The van der Waals surface area contributed by atoms with Gasteiger partial charge in [-0.05, 0) is 25.0 Å². The molecule has 3 heterocycles. The van der Waals surface area contributed by atoms with Gasteiger partial charge in [0.05, 0.1) is 29.4 Å². The van der Waals surface area contributed by atoms with Crippen LogP contribution in [0.25, 0.3) is 10.2 Å². The standard InChI is InChI=1S/C16H18FN5OS/c1-9-14(4-11(18)8-23)24-16-13(7-21-22-15(9)16)20-5-10-2-3-19-6-12(10)17/h2-3,6-7,11,23H,4-5,8,18H2,1H3,(H,20,22)/t11-/m1/s1. The third kappa shape index (κ3) is 3.35. The van der Waals surface area contributed by atoms with Crippen LogP contribution in [0.15, 0.2) is 24.7 Å². The van der Waals surface area contributed by atoms with Gasteiger partial charge in [0, 0.05) is 29.2 Å². The van der Waals surface area contributed by atoms with Gasteiger partial charge in [-0.1, -0.05) is 0 Å². The summed E-state index contributed by atoms with van der Waals surface area (Å²) in [5.74, 6) is -0.347. The van der Waals surface area contributed by atoms with Crippen molar-refractivity contribution in [2.24, 2.45) is 5.73 Å². The number of nitrogens with one attached hydrogen (secondary N) is 1. The number of rotatable bonds is 6. The van der Waals surface area contributed by atoms with Crippen molar-refractivity contribution in [2.75, 3.05) is 11.9 Å². The summed E-state index contributed by atoms with van der Waals surface area (Å²) in [5, 5.41) is 20.6. The van der Waals surface area contributed by atoms with Gasteiger partial charge in [0.25, 0.3) is 0 Å². The van der Waals surface area contributed by atoms with E-state index in [1.807, 2.05) is 6.92 Å². The lowest BCUT2D eigenvalue weighted by Gasteiger charge is -2.07. The summed E-state index contributed by atoms with van der Waals surface area (Å²) in [4.78, 5) is 4.82. The molecule has 3 aromatic heterocycles. The minimum atomic E-state index is -0.347. The molecule has 0 aliphatic carbocycles. The molecule has 0 bridgehead atoms. The number of nitrogens with zero attached hydrogens (tertiary/aromatic N) is 3. The number of hydrogen-bond donors (Lipinski definition) is 3. The van der Waals surface area contributed by atoms with Crippen LogP contribution in [0.3, 0.4) is 0 Å². The van der Waals surface area contributed by atoms with Crippen LogP contribution in [-0.2, 0) is 13.0 Å². The average Bonchev–Trinajstić information content (AvgIpc) is 2.91. The molecule has 3 aromatic rings. The van der Waals surface area contributed by atoms with Crippen molar-refractivity contribution in [1.82, 2.24) is 15.2 Å². The van der Waals surface area contributed by atoms with Crippen LogP contribution in [0.2, 0.25) is 0 Å². The Morgan fingerprint density at radius 2 is 2.25 bits per heavy atom. The van der Waals surface area contributed by atoms with Gasteiger partial charge in [0.1, 0.15) is 11.3 Å². The van der Waals surface area contributed by atoms with Crippen LogP contribution in [0.1, 0.15) is 16.0 Å². The molecule has 8 heteroatoms. The molecule has 0 radical (unpaired) electrons. The van der Waals surface area contributed by atoms with Crippen LogP contribution in [-0.4, -0.2) is 32.9 Å². The molecular formula is C16H18FN5OS. The Morgan fingerprint density at radius 3 is 3.00 bits per heavy atom. The Morgan fingerprint density at radius 1 is 1.42 bits per heavy atom. The van der Waals surface area contributed by atoms with E-state index in [9.17, 15) is 4.39 Å². The van der Waals surface area contributed by atoms with E-state index in [0.29, 0.717) is 18.5 Å². The Labute approximate surface area is 142 Å². The number of halogens is 1. The SMILES string of the molecule is Cc1c(C[C@@H](N)CO)sc2c(NCc3ccncc3F)cnnc12. The first-order valence-electron chi connectivity index (χ1n) is 7.52. The lowest BCUT2D eigenvalue weighted by Crippen LogP contribution is -2.26. The van der Waals surface area contributed by atoms with E-state index in [1.165, 1.54) is 6.20 Å². The number of thiophene rings is 1. The van der Waals surface area contributed by atoms with Gasteiger partial charge in [-0.25, -0.2) is 4.39 Å². The largest absolute Gasteiger partial charge is 0.395 e. The number of nitrogens with two attached hydrogens (primary N) is 1. The highest BCUT2D eigenvalue weighted by Gasteiger charge is 2.16. The first-order valence-corrected chi connectivity index (χ1v) is 8.34. The average molecular weight is 347 g/mol. The Hall–Kier alpha value is -2.16. The van der Waals surface area contributed by atoms with E-state index in [0.717, 1.165) is 26.3 Å². The van der Waals surface area contributed by atoms with Crippen molar-refractivity contribution >= 4 is 27.2 Å². The molecule has 0 amide bonds. The smallest absolute Gasteiger partial charge is 0.146 e. The minimum Gasteiger partial charge on any atom is -0.395 e. The van der Waals surface area contributed by atoms with E-state index in [2.05, 4.69) is 20.5 Å². The van der Waals surface area contributed by atoms with E-state index in [-0.39, 0.29) is 18.5 Å². The number of anilines is 1. The zero-order valence-corrected chi connectivity index (χ0v) is 14.0. The van der Waals surface area contributed by atoms with Crippen LogP contribution >= 0.6 is 11.3 Å². The molecule has 3 rings (SSSR count). The van der Waals surface area contributed by atoms with Crippen molar-refractivity contribution in [1.29, 1.82) is 0 Å². The topological polar surface area (TPSA) is 97.0 Å². The molecule has 0 saturated heterocycles. The third-order valence-electron chi connectivity index (χ3n) is 3.81. The predicted octanol–water partition coefficient (Wildman–Crippen LogP) is 2.01. The monoisotopic (exact) mass is 347 g/mol. The lowest BCUT2D eigenvalue weighted by atomic mass is 10.1. The third-order valence-corrected chi connectivity index (χ3v) is 5.15. The summed E-state index contributed by atoms with van der Waals surface area (Å²) in [7, 11) is 0. The van der Waals surface area contributed by atoms with Crippen molar-refractivity contribution in [3.63, 3.8) is 0 Å². The summed E-state index contributed by atoms with van der Waals surface area (Å²) < 4.78 is 14.6. The maximum Gasteiger partial charge on any atom is 0.146 e. The maximum atomic E-state index is 13.7. The Bertz CT molecular complexity index is 854. The van der Waals surface area contributed by atoms with Gasteiger partial charge in [-0.3, -0.25) is 4.98 Å². The van der Waals surface area contributed by atoms with E-state index in [1.54, 1.807) is 29.8 Å². The highest BCUT2D eigenvalue weighted by atomic mass is 32.1. The molecule has 0 spiro atoms. The summed E-state index contributed by atoms with van der Waals surface area (Å²) in [5.41, 5.74) is 9.00. The van der Waals surface area contributed by atoms with Gasteiger partial charge in [0.2, 0.25) is 0 Å². The fourth-order valence-corrected chi connectivity index (χ4v) is 3.74. The number of fused-ring (bicyclic) bond motifs is 1. The van der Waals surface area contributed by atoms with Crippen molar-refractivity contribution < 1.29 is 9.50 Å². The van der Waals surface area contributed by atoms with Crippen LogP contribution in [0.4, 0.5) is 10.1 Å². The molecule has 0 saturated carbocycles. The molecule has 126 valence electrons. The van der Waals surface area contributed by atoms with E-state index >= 15 is 0 Å². The number of hydrogen-bond acceptors (Lipinski definition) is 7. The summed E-state index contributed by atoms with van der Waals surface area (Å²) in [6.45, 7) is 2.24. The zero-order valence-electron chi connectivity index (χ0n) is 13.2.